The first-order chi connectivity index (χ1) is 8.79. The minimum atomic E-state index is 0.714. The zero-order valence-corrected chi connectivity index (χ0v) is 12.0. The second-order valence-electron chi connectivity index (χ2n) is 5.76. The SMILES string of the molecule is COCC1=CCN(C(C)CCCNC2CC2)CC1. The van der Waals surface area contributed by atoms with Crippen molar-refractivity contribution in [2.24, 2.45) is 0 Å². The fourth-order valence-corrected chi connectivity index (χ4v) is 2.62. The summed E-state index contributed by atoms with van der Waals surface area (Å²) in [7, 11) is 1.78. The lowest BCUT2D eigenvalue weighted by molar-refractivity contribution is 0.189. The molecule has 2 aliphatic rings. The fraction of sp³-hybridized carbons (Fsp3) is 0.867. The molecule has 0 spiro atoms. The molecule has 1 aliphatic carbocycles. The number of nitrogens with one attached hydrogen (secondary N) is 1. The Labute approximate surface area is 112 Å². The van der Waals surface area contributed by atoms with Crippen molar-refractivity contribution in [3.8, 4) is 0 Å². The Morgan fingerprint density at radius 3 is 2.94 bits per heavy atom. The molecule has 0 amide bonds. The summed E-state index contributed by atoms with van der Waals surface area (Å²) < 4.78 is 5.19. The van der Waals surface area contributed by atoms with Crippen LogP contribution in [0.5, 0.6) is 0 Å². The lowest BCUT2D eigenvalue weighted by Gasteiger charge is -2.31. The molecule has 1 heterocycles. The fourth-order valence-electron chi connectivity index (χ4n) is 2.62. The molecule has 1 atom stereocenters. The van der Waals surface area contributed by atoms with Gasteiger partial charge in [-0.15, -0.1) is 0 Å². The summed E-state index contributed by atoms with van der Waals surface area (Å²) in [4.78, 5) is 2.59. The van der Waals surface area contributed by atoms with Gasteiger partial charge in [-0.25, -0.2) is 0 Å². The number of hydrogen-bond acceptors (Lipinski definition) is 3. The van der Waals surface area contributed by atoms with E-state index in [0.29, 0.717) is 6.04 Å². The molecule has 18 heavy (non-hydrogen) atoms. The lowest BCUT2D eigenvalue weighted by Crippen LogP contribution is -2.37. The predicted molar refractivity (Wildman–Crippen MR) is 75.9 cm³/mol. The summed E-state index contributed by atoms with van der Waals surface area (Å²) >= 11 is 0. The van der Waals surface area contributed by atoms with E-state index in [9.17, 15) is 0 Å². The average Bonchev–Trinajstić information content (AvgIpc) is 3.20. The van der Waals surface area contributed by atoms with Gasteiger partial charge in [0.15, 0.2) is 0 Å². The number of ether oxygens (including phenoxy) is 1. The molecule has 0 aromatic carbocycles. The first-order valence-corrected chi connectivity index (χ1v) is 7.44. The third-order valence-electron chi connectivity index (χ3n) is 4.10. The van der Waals surface area contributed by atoms with Crippen molar-refractivity contribution in [2.45, 2.75) is 51.1 Å². The van der Waals surface area contributed by atoms with E-state index in [1.807, 2.05) is 0 Å². The summed E-state index contributed by atoms with van der Waals surface area (Å²) in [6, 6.07) is 1.57. The first-order valence-electron chi connectivity index (χ1n) is 7.44. The van der Waals surface area contributed by atoms with Gasteiger partial charge in [0.25, 0.3) is 0 Å². The maximum atomic E-state index is 5.19. The van der Waals surface area contributed by atoms with E-state index in [2.05, 4.69) is 23.2 Å². The molecule has 0 aromatic rings. The first kappa shape index (κ1) is 14.0. The van der Waals surface area contributed by atoms with Crippen LogP contribution in [0.1, 0.15) is 39.0 Å². The van der Waals surface area contributed by atoms with Gasteiger partial charge in [-0.05, 0) is 51.1 Å². The Kier molecular flexibility index (Phi) is 5.67. The molecule has 0 radical (unpaired) electrons. The van der Waals surface area contributed by atoms with E-state index < -0.39 is 0 Å². The quantitative estimate of drug-likeness (QED) is 0.529. The molecule has 0 saturated heterocycles. The predicted octanol–water partition coefficient (Wildman–Crippen LogP) is 2.19. The van der Waals surface area contributed by atoms with Crippen molar-refractivity contribution >= 4 is 0 Å². The molecule has 2 rings (SSSR count). The largest absolute Gasteiger partial charge is 0.380 e. The molecule has 1 unspecified atom stereocenters. The van der Waals surface area contributed by atoms with E-state index in [4.69, 9.17) is 4.74 Å². The van der Waals surface area contributed by atoms with E-state index >= 15 is 0 Å². The Bertz CT molecular complexity index is 274. The molecule has 0 bridgehead atoms. The van der Waals surface area contributed by atoms with Crippen molar-refractivity contribution in [1.82, 2.24) is 10.2 Å². The molecule has 1 N–H and O–H groups in total. The van der Waals surface area contributed by atoms with Gasteiger partial charge in [-0.3, -0.25) is 4.90 Å². The molecule has 1 saturated carbocycles. The maximum Gasteiger partial charge on any atom is 0.0673 e. The summed E-state index contributed by atoms with van der Waals surface area (Å²) in [6.07, 6.45) is 8.95. The molecule has 0 aromatic heterocycles. The van der Waals surface area contributed by atoms with Crippen LogP contribution < -0.4 is 5.32 Å². The zero-order chi connectivity index (χ0) is 12.8. The molecular formula is C15H28N2O. The van der Waals surface area contributed by atoms with Crippen molar-refractivity contribution in [3.63, 3.8) is 0 Å². The van der Waals surface area contributed by atoms with Gasteiger partial charge >= 0.3 is 0 Å². The van der Waals surface area contributed by atoms with Crippen molar-refractivity contribution < 1.29 is 4.74 Å². The summed E-state index contributed by atoms with van der Waals surface area (Å²) in [5.74, 6) is 0. The normalized spacial score (nSPS) is 22.9. The highest BCUT2D eigenvalue weighted by atomic mass is 16.5. The van der Waals surface area contributed by atoms with Crippen LogP contribution in [-0.2, 0) is 4.74 Å². The smallest absolute Gasteiger partial charge is 0.0673 e. The van der Waals surface area contributed by atoms with Gasteiger partial charge in [0.1, 0.15) is 0 Å². The third-order valence-corrected chi connectivity index (χ3v) is 4.10. The average molecular weight is 252 g/mol. The van der Waals surface area contributed by atoms with Gasteiger partial charge in [-0.1, -0.05) is 6.08 Å². The Hall–Kier alpha value is -0.380. The second kappa shape index (κ2) is 7.27. The summed E-state index contributed by atoms with van der Waals surface area (Å²) in [5.41, 5.74) is 1.47. The zero-order valence-electron chi connectivity index (χ0n) is 12.0. The van der Waals surface area contributed by atoms with Crippen LogP contribution in [0.3, 0.4) is 0 Å². The van der Waals surface area contributed by atoms with Crippen LogP contribution in [0.4, 0.5) is 0 Å². The summed E-state index contributed by atoms with van der Waals surface area (Å²) in [6.45, 7) is 6.69. The van der Waals surface area contributed by atoms with E-state index in [-0.39, 0.29) is 0 Å². The monoisotopic (exact) mass is 252 g/mol. The molecule has 3 heteroatoms. The minimum absolute atomic E-state index is 0.714. The Morgan fingerprint density at radius 2 is 2.33 bits per heavy atom. The standard InChI is InChI=1S/C15H28N2O/c1-13(4-3-9-16-15-5-6-15)17-10-7-14(8-11-17)12-18-2/h7,13,15-16H,3-6,8-12H2,1-2H3. The Balaban J connectivity index is 1.58. The lowest BCUT2D eigenvalue weighted by atomic mass is 10.1. The highest BCUT2D eigenvalue weighted by Gasteiger charge is 2.20. The molecule has 104 valence electrons. The van der Waals surface area contributed by atoms with Gasteiger partial charge in [0, 0.05) is 32.3 Å². The second-order valence-corrected chi connectivity index (χ2v) is 5.76. The number of rotatable bonds is 8. The van der Waals surface area contributed by atoms with Crippen LogP contribution in [0.25, 0.3) is 0 Å². The van der Waals surface area contributed by atoms with Gasteiger partial charge in [0.2, 0.25) is 0 Å². The van der Waals surface area contributed by atoms with Gasteiger partial charge in [-0.2, -0.15) is 0 Å². The van der Waals surface area contributed by atoms with Crippen LogP contribution in [0.2, 0.25) is 0 Å². The van der Waals surface area contributed by atoms with Gasteiger partial charge in [0.05, 0.1) is 6.61 Å². The highest BCUT2D eigenvalue weighted by Crippen LogP contribution is 2.19. The van der Waals surface area contributed by atoms with Crippen LogP contribution in [0.15, 0.2) is 11.6 Å². The van der Waals surface area contributed by atoms with E-state index in [0.717, 1.165) is 19.2 Å². The number of methoxy groups -OCH3 is 1. The Morgan fingerprint density at radius 1 is 1.50 bits per heavy atom. The van der Waals surface area contributed by atoms with E-state index in [1.54, 1.807) is 7.11 Å². The summed E-state index contributed by atoms with van der Waals surface area (Å²) in [5, 5.41) is 3.59. The van der Waals surface area contributed by atoms with Crippen LogP contribution >= 0.6 is 0 Å². The third kappa shape index (κ3) is 4.71. The molecule has 1 aliphatic heterocycles. The number of nitrogens with zero attached hydrogens (tertiary/aromatic N) is 1. The van der Waals surface area contributed by atoms with Crippen molar-refractivity contribution in [3.05, 3.63) is 11.6 Å². The molecular weight excluding hydrogens is 224 g/mol. The minimum Gasteiger partial charge on any atom is -0.380 e. The van der Waals surface area contributed by atoms with Gasteiger partial charge < -0.3 is 10.1 Å². The van der Waals surface area contributed by atoms with E-state index in [1.165, 1.54) is 50.8 Å². The van der Waals surface area contributed by atoms with Crippen LogP contribution in [0, 0.1) is 0 Å². The van der Waals surface area contributed by atoms with Crippen molar-refractivity contribution in [2.75, 3.05) is 33.4 Å². The molecule has 1 fully saturated rings. The highest BCUT2D eigenvalue weighted by molar-refractivity contribution is 5.08. The topological polar surface area (TPSA) is 24.5 Å². The maximum absolute atomic E-state index is 5.19. The molecule has 3 nitrogen and oxygen atoms in total. The van der Waals surface area contributed by atoms with Crippen molar-refractivity contribution in [1.29, 1.82) is 0 Å². The number of hydrogen-bond donors (Lipinski definition) is 1. The van der Waals surface area contributed by atoms with Crippen LogP contribution in [-0.4, -0.2) is 50.3 Å².